The average molecular weight is 723 g/mol. The number of hydrogen-bond acceptors (Lipinski definition) is 15. The number of epoxide rings is 1. The zero-order valence-electron chi connectivity index (χ0n) is 30.5. The van der Waals surface area contributed by atoms with Crippen LogP contribution in [0.5, 0.6) is 0 Å². The van der Waals surface area contributed by atoms with Gasteiger partial charge in [0, 0.05) is 39.5 Å². The predicted molar refractivity (Wildman–Crippen MR) is 174 cm³/mol. The zero-order chi connectivity index (χ0) is 38.2. The summed E-state index contributed by atoms with van der Waals surface area (Å²) < 4.78 is 40.7. The maximum atomic E-state index is 13.3. The molecule has 2 aliphatic carbocycles. The zero-order valence-corrected chi connectivity index (χ0v) is 30.5. The fourth-order valence-electron chi connectivity index (χ4n) is 7.68. The van der Waals surface area contributed by atoms with Gasteiger partial charge in [-0.05, 0) is 36.5 Å². The maximum absolute atomic E-state index is 13.3. The quantitative estimate of drug-likeness (QED) is 0.187. The van der Waals surface area contributed by atoms with Crippen molar-refractivity contribution in [2.45, 2.75) is 123 Å². The molecule has 4 aliphatic rings. The highest BCUT2D eigenvalue weighted by Gasteiger charge is 2.80. The van der Waals surface area contributed by atoms with Crippen molar-refractivity contribution in [1.82, 2.24) is 0 Å². The lowest BCUT2D eigenvalue weighted by Gasteiger charge is -2.58. The fraction of sp³-hybridized carbons (Fsp3) is 0.722. The first-order valence-electron chi connectivity index (χ1n) is 17.2. The van der Waals surface area contributed by atoms with Crippen LogP contribution in [-0.2, 0) is 61.9 Å². The van der Waals surface area contributed by atoms with Crippen LogP contribution in [0.2, 0.25) is 0 Å². The summed E-state index contributed by atoms with van der Waals surface area (Å²) >= 11 is 0. The van der Waals surface area contributed by atoms with Crippen molar-refractivity contribution < 1.29 is 72.1 Å². The lowest BCUT2D eigenvalue weighted by Crippen LogP contribution is -2.75. The highest BCUT2D eigenvalue weighted by molar-refractivity contribution is 5.78. The Hall–Kier alpha value is -3.82. The molecular weight excluding hydrogens is 672 g/mol. The van der Waals surface area contributed by atoms with Gasteiger partial charge in [0.05, 0.1) is 17.9 Å². The van der Waals surface area contributed by atoms with Crippen LogP contribution < -0.4 is 0 Å². The largest absolute Gasteiger partial charge is 0.461 e. The van der Waals surface area contributed by atoms with Crippen LogP contribution in [0.4, 0.5) is 0 Å². The van der Waals surface area contributed by atoms with E-state index in [1.54, 1.807) is 13.8 Å². The smallest absolute Gasteiger partial charge is 0.312 e. The van der Waals surface area contributed by atoms with Gasteiger partial charge in [0.2, 0.25) is 0 Å². The molecule has 15 nitrogen and oxygen atoms in total. The summed E-state index contributed by atoms with van der Waals surface area (Å²) in [5.41, 5.74) is -5.80. The summed E-state index contributed by atoms with van der Waals surface area (Å²) in [5.74, 6) is -7.62. The fourth-order valence-corrected chi connectivity index (χ4v) is 7.68. The molecule has 3 fully saturated rings. The van der Waals surface area contributed by atoms with Crippen LogP contribution in [0.3, 0.4) is 0 Å². The molecule has 0 aromatic heterocycles. The second-order valence-corrected chi connectivity index (χ2v) is 15.0. The summed E-state index contributed by atoms with van der Waals surface area (Å²) in [6, 6.07) is 0. The molecular formula is C36H50O15. The molecule has 0 unspecified atom stereocenters. The average Bonchev–Trinajstić information content (AvgIpc) is 3.76. The lowest BCUT2D eigenvalue weighted by molar-refractivity contribution is -0.277. The van der Waals surface area contributed by atoms with Gasteiger partial charge in [-0.2, -0.15) is 0 Å². The number of hydrogen-bond donors (Lipinski definition) is 2. The molecule has 1 spiro atoms. The van der Waals surface area contributed by atoms with Crippen molar-refractivity contribution in [3.8, 4) is 0 Å². The minimum Gasteiger partial charge on any atom is -0.461 e. The van der Waals surface area contributed by atoms with E-state index in [4.69, 9.17) is 33.2 Å². The van der Waals surface area contributed by atoms with Gasteiger partial charge in [0.1, 0.15) is 30.5 Å². The number of ether oxygens (including phenoxy) is 7. The van der Waals surface area contributed by atoms with E-state index in [1.807, 2.05) is 13.8 Å². The van der Waals surface area contributed by atoms with Crippen LogP contribution in [0.15, 0.2) is 23.8 Å². The van der Waals surface area contributed by atoms with Gasteiger partial charge in [-0.1, -0.05) is 40.7 Å². The van der Waals surface area contributed by atoms with Gasteiger partial charge < -0.3 is 43.4 Å². The Morgan fingerprint density at radius 1 is 0.902 bits per heavy atom. The first kappa shape index (κ1) is 40.0. The van der Waals surface area contributed by atoms with E-state index in [0.717, 1.165) is 20.8 Å². The van der Waals surface area contributed by atoms with Crippen molar-refractivity contribution in [2.24, 2.45) is 29.1 Å². The highest BCUT2D eigenvalue weighted by atomic mass is 16.6. The number of rotatable bonds is 10. The number of carbonyl (C=O) groups is 6. The number of esters is 6. The number of aliphatic hydroxyl groups is 2. The number of fused-ring (bicyclic) bond motifs is 3. The van der Waals surface area contributed by atoms with Gasteiger partial charge in [0.25, 0.3) is 0 Å². The monoisotopic (exact) mass is 722 g/mol. The van der Waals surface area contributed by atoms with E-state index < -0.39 is 101 Å². The van der Waals surface area contributed by atoms with Crippen LogP contribution in [0.25, 0.3) is 0 Å². The Balaban J connectivity index is 2.05. The Kier molecular flexibility index (Phi) is 11.8. The minimum atomic E-state index is -2.39. The summed E-state index contributed by atoms with van der Waals surface area (Å²) in [6.07, 6.45) is -5.44. The van der Waals surface area contributed by atoms with E-state index in [1.165, 1.54) is 32.1 Å². The lowest BCUT2D eigenvalue weighted by atomic mass is 9.51. The van der Waals surface area contributed by atoms with Gasteiger partial charge in [-0.3, -0.25) is 28.8 Å². The molecule has 15 heteroatoms. The highest BCUT2D eigenvalue weighted by Crippen LogP contribution is 2.62. The normalized spacial score (nSPS) is 38.7. The van der Waals surface area contributed by atoms with Crippen LogP contribution in [-0.4, -0.2) is 107 Å². The first-order valence-corrected chi connectivity index (χ1v) is 17.2. The van der Waals surface area contributed by atoms with Crippen molar-refractivity contribution in [2.75, 3.05) is 13.2 Å². The molecule has 2 aliphatic heterocycles. The van der Waals surface area contributed by atoms with E-state index >= 15 is 0 Å². The molecule has 0 radical (unpaired) electrons. The summed E-state index contributed by atoms with van der Waals surface area (Å²) in [5, 5.41) is 24.9. The third-order valence-corrected chi connectivity index (χ3v) is 10.1. The Bertz CT molecular complexity index is 1460. The molecule has 2 heterocycles. The molecule has 4 rings (SSSR count). The third kappa shape index (κ3) is 7.85. The molecule has 284 valence electrons. The van der Waals surface area contributed by atoms with Crippen LogP contribution >= 0.6 is 0 Å². The molecule has 2 N–H and O–H groups in total. The molecule has 0 aromatic carbocycles. The minimum absolute atomic E-state index is 0.0121. The van der Waals surface area contributed by atoms with E-state index in [2.05, 4.69) is 0 Å². The standard InChI is InChI=1S/C36H50O15/c1-17(2)12-26(40)45-15-23-10-11-24(47-20(6)37)34(9)29(32(49-22(8)39)36(44)19(5)33(43)50-25(36)14-23)35(16-46-35)30(42)28(31(34)48-21(7)38)51-27(41)13-18(3)4/h10-11,14,17-19,24-25,28-32,42,44H,12-13,15-16H2,1-9H3/b11-10-,23-14+/t19-,24-,25-,28-,29+,30+,31-,32-,34+,35-,36-/m0/s1. The molecule has 1 saturated carbocycles. The SMILES string of the molecule is CC(=O)O[C@H]1/C=C\C(COC(=O)CC(C)C)=C/[C@@H]2OC(=O)[C@H](C)[C@@]2(O)[C@@H](OC(C)=O)[C@H]2[C@@]3(CO3)[C@H](O)[C@H](OC(=O)CC(C)C)[C@H](OC(C)=O)[C@]12C. The van der Waals surface area contributed by atoms with Gasteiger partial charge >= 0.3 is 35.8 Å². The molecule has 11 atom stereocenters. The molecule has 0 amide bonds. The van der Waals surface area contributed by atoms with E-state index in [-0.39, 0.29) is 43.5 Å². The van der Waals surface area contributed by atoms with Gasteiger partial charge in [-0.25, -0.2) is 0 Å². The topological polar surface area (TPSA) is 211 Å². The van der Waals surface area contributed by atoms with E-state index in [0.29, 0.717) is 0 Å². The second kappa shape index (κ2) is 15.0. The van der Waals surface area contributed by atoms with Crippen molar-refractivity contribution in [1.29, 1.82) is 0 Å². The molecule has 51 heavy (non-hydrogen) atoms. The van der Waals surface area contributed by atoms with Crippen molar-refractivity contribution in [3.05, 3.63) is 23.8 Å². The first-order chi connectivity index (χ1) is 23.7. The van der Waals surface area contributed by atoms with Gasteiger partial charge in [-0.15, -0.1) is 0 Å². The number of carbonyl (C=O) groups excluding carboxylic acids is 6. The van der Waals surface area contributed by atoms with E-state index in [9.17, 15) is 39.0 Å². The number of aliphatic hydroxyl groups excluding tert-OH is 1. The Morgan fingerprint density at radius 3 is 1.98 bits per heavy atom. The van der Waals surface area contributed by atoms with Crippen LogP contribution in [0, 0.1) is 29.1 Å². The molecule has 0 bridgehead atoms. The van der Waals surface area contributed by atoms with Crippen molar-refractivity contribution >= 4 is 35.8 Å². The predicted octanol–water partition coefficient (Wildman–Crippen LogP) is 1.88. The van der Waals surface area contributed by atoms with Gasteiger partial charge in [0.15, 0.2) is 23.9 Å². The third-order valence-electron chi connectivity index (χ3n) is 10.1. The molecule has 0 aromatic rings. The maximum Gasteiger partial charge on any atom is 0.312 e. The Morgan fingerprint density at radius 2 is 1.45 bits per heavy atom. The summed E-state index contributed by atoms with van der Waals surface area (Å²) in [7, 11) is 0. The van der Waals surface area contributed by atoms with Crippen molar-refractivity contribution in [3.63, 3.8) is 0 Å². The second-order valence-electron chi connectivity index (χ2n) is 15.0. The van der Waals surface area contributed by atoms with Crippen LogP contribution in [0.1, 0.15) is 75.2 Å². The summed E-state index contributed by atoms with van der Waals surface area (Å²) in [4.78, 5) is 77.7. The Labute approximate surface area is 296 Å². The summed E-state index contributed by atoms with van der Waals surface area (Å²) in [6.45, 7) is 12.9. The molecule has 2 saturated heterocycles.